The van der Waals surface area contributed by atoms with Crippen LogP contribution in [0.4, 0.5) is 0 Å². The van der Waals surface area contributed by atoms with Gasteiger partial charge in [0.1, 0.15) is 5.54 Å². The molecule has 0 aliphatic heterocycles. The van der Waals surface area contributed by atoms with Gasteiger partial charge in [-0.05, 0) is 50.3 Å². The van der Waals surface area contributed by atoms with Gasteiger partial charge in [-0.25, -0.2) is 17.9 Å². The lowest BCUT2D eigenvalue weighted by atomic mass is 9.96. The number of rotatable bonds is 6. The molecule has 136 valence electrons. The molecular formula is C17H22N2O5S. The number of carbonyl (C=O) groups excluding carboxylic acids is 1. The quantitative estimate of drug-likeness (QED) is 0.707. The maximum absolute atomic E-state index is 12.7. The smallest absolute Gasteiger partial charge is 0.329 e. The second-order valence-electron chi connectivity index (χ2n) is 6.92. The highest BCUT2D eigenvalue weighted by molar-refractivity contribution is 7.89. The lowest BCUT2D eigenvalue weighted by Gasteiger charge is -2.25. The molecular weight excluding hydrogens is 344 g/mol. The van der Waals surface area contributed by atoms with E-state index in [1.54, 1.807) is 13.0 Å². The lowest BCUT2D eigenvalue weighted by molar-refractivity contribution is -0.144. The Morgan fingerprint density at radius 3 is 2.40 bits per heavy atom. The topological polar surface area (TPSA) is 113 Å². The zero-order valence-electron chi connectivity index (χ0n) is 14.0. The van der Waals surface area contributed by atoms with Gasteiger partial charge in [-0.2, -0.15) is 0 Å². The SMILES string of the molecule is Cc1ccc(S(=O)(=O)NC2CC2)cc1C(=O)NC1(C(=O)O)CCCC1. The second-order valence-corrected chi connectivity index (χ2v) is 8.63. The van der Waals surface area contributed by atoms with Crippen LogP contribution in [0.3, 0.4) is 0 Å². The van der Waals surface area contributed by atoms with Crippen LogP contribution in [0.5, 0.6) is 0 Å². The summed E-state index contributed by atoms with van der Waals surface area (Å²) in [5.74, 6) is -1.60. The fourth-order valence-electron chi connectivity index (χ4n) is 3.16. The first-order valence-corrected chi connectivity index (χ1v) is 9.91. The van der Waals surface area contributed by atoms with E-state index in [0.717, 1.165) is 25.7 Å². The predicted octanol–water partition coefficient (Wildman–Crippen LogP) is 1.56. The second kappa shape index (κ2) is 6.42. The molecule has 2 fully saturated rings. The molecule has 0 unspecified atom stereocenters. The number of carbonyl (C=O) groups is 2. The number of carboxylic acids is 1. The van der Waals surface area contributed by atoms with Crippen LogP contribution in [0.25, 0.3) is 0 Å². The Bertz CT molecular complexity index is 808. The largest absolute Gasteiger partial charge is 0.480 e. The standard InChI is InChI=1S/C17H22N2O5S/c1-11-4-7-13(25(23,24)19-12-5-6-12)10-14(11)15(20)18-17(16(21)22)8-2-3-9-17/h4,7,10,12,19H,2-3,5-6,8-9H2,1H3,(H,18,20)(H,21,22). The summed E-state index contributed by atoms with van der Waals surface area (Å²) < 4.78 is 27.3. The predicted molar refractivity (Wildman–Crippen MR) is 90.8 cm³/mol. The van der Waals surface area contributed by atoms with E-state index in [1.165, 1.54) is 12.1 Å². The van der Waals surface area contributed by atoms with Crippen molar-refractivity contribution >= 4 is 21.9 Å². The zero-order chi connectivity index (χ0) is 18.2. The van der Waals surface area contributed by atoms with Crippen molar-refractivity contribution in [2.24, 2.45) is 0 Å². The van der Waals surface area contributed by atoms with Crippen LogP contribution in [0.1, 0.15) is 54.4 Å². The summed E-state index contributed by atoms with van der Waals surface area (Å²) in [4.78, 5) is 24.3. The molecule has 1 aromatic rings. The molecule has 2 aliphatic carbocycles. The first-order valence-electron chi connectivity index (χ1n) is 8.42. The van der Waals surface area contributed by atoms with Gasteiger partial charge >= 0.3 is 5.97 Å². The van der Waals surface area contributed by atoms with Crippen LogP contribution in [-0.2, 0) is 14.8 Å². The van der Waals surface area contributed by atoms with Gasteiger partial charge in [0.2, 0.25) is 10.0 Å². The fraction of sp³-hybridized carbons (Fsp3) is 0.529. The van der Waals surface area contributed by atoms with E-state index in [2.05, 4.69) is 10.0 Å². The highest BCUT2D eigenvalue weighted by Crippen LogP contribution is 2.31. The molecule has 0 radical (unpaired) electrons. The van der Waals surface area contributed by atoms with Crippen molar-refractivity contribution in [3.8, 4) is 0 Å². The molecule has 1 aromatic carbocycles. The number of hydrogen-bond donors (Lipinski definition) is 3. The average molecular weight is 366 g/mol. The van der Waals surface area contributed by atoms with E-state index in [1.807, 2.05) is 0 Å². The summed E-state index contributed by atoms with van der Waals surface area (Å²) in [6, 6.07) is 4.31. The molecule has 0 atom stereocenters. The fourth-order valence-corrected chi connectivity index (χ4v) is 4.49. The van der Waals surface area contributed by atoms with Gasteiger partial charge < -0.3 is 10.4 Å². The number of benzene rings is 1. The molecule has 0 heterocycles. The molecule has 3 rings (SSSR count). The lowest BCUT2D eigenvalue weighted by Crippen LogP contribution is -2.52. The summed E-state index contributed by atoms with van der Waals surface area (Å²) in [6.45, 7) is 1.70. The van der Waals surface area contributed by atoms with Crippen LogP contribution in [0.15, 0.2) is 23.1 Å². The van der Waals surface area contributed by atoms with Gasteiger partial charge in [-0.3, -0.25) is 4.79 Å². The van der Waals surface area contributed by atoms with E-state index in [4.69, 9.17) is 0 Å². The number of aryl methyl sites for hydroxylation is 1. The molecule has 3 N–H and O–H groups in total. The van der Waals surface area contributed by atoms with Crippen molar-refractivity contribution in [1.29, 1.82) is 0 Å². The molecule has 2 saturated carbocycles. The molecule has 0 aromatic heterocycles. The number of nitrogens with one attached hydrogen (secondary N) is 2. The van der Waals surface area contributed by atoms with Gasteiger partial charge in [0.05, 0.1) is 4.90 Å². The number of carboxylic acid groups (broad SMARTS) is 1. The summed E-state index contributed by atoms with van der Waals surface area (Å²) in [5, 5.41) is 12.1. The number of amides is 1. The molecule has 8 heteroatoms. The van der Waals surface area contributed by atoms with Crippen molar-refractivity contribution in [2.75, 3.05) is 0 Å². The highest BCUT2D eigenvalue weighted by atomic mass is 32.2. The van der Waals surface area contributed by atoms with E-state index in [-0.39, 0.29) is 16.5 Å². The van der Waals surface area contributed by atoms with Gasteiger partial charge in [0, 0.05) is 11.6 Å². The summed E-state index contributed by atoms with van der Waals surface area (Å²) in [5.41, 5.74) is -0.474. The van der Waals surface area contributed by atoms with Crippen molar-refractivity contribution in [3.63, 3.8) is 0 Å². The molecule has 0 bridgehead atoms. The first-order chi connectivity index (χ1) is 11.7. The zero-order valence-corrected chi connectivity index (χ0v) is 14.9. The van der Waals surface area contributed by atoms with E-state index < -0.39 is 27.4 Å². The Morgan fingerprint density at radius 1 is 1.20 bits per heavy atom. The van der Waals surface area contributed by atoms with E-state index in [0.29, 0.717) is 18.4 Å². The van der Waals surface area contributed by atoms with Gasteiger partial charge in [0.15, 0.2) is 0 Å². The molecule has 0 spiro atoms. The minimum absolute atomic E-state index is 0.0194. The summed E-state index contributed by atoms with van der Waals surface area (Å²) in [7, 11) is -3.67. The van der Waals surface area contributed by atoms with Crippen LogP contribution < -0.4 is 10.0 Å². The van der Waals surface area contributed by atoms with Crippen molar-refractivity contribution < 1.29 is 23.1 Å². The maximum Gasteiger partial charge on any atom is 0.329 e. The summed E-state index contributed by atoms with van der Waals surface area (Å²) in [6.07, 6.45) is 3.89. The van der Waals surface area contributed by atoms with E-state index >= 15 is 0 Å². The van der Waals surface area contributed by atoms with Crippen LogP contribution in [0, 0.1) is 6.92 Å². The third-order valence-electron chi connectivity index (χ3n) is 4.88. The molecule has 25 heavy (non-hydrogen) atoms. The molecule has 2 aliphatic rings. The normalized spacial score (nSPS) is 19.6. The Labute approximate surface area is 146 Å². The van der Waals surface area contributed by atoms with Crippen molar-refractivity contribution in [1.82, 2.24) is 10.0 Å². The van der Waals surface area contributed by atoms with Gasteiger partial charge in [-0.1, -0.05) is 18.9 Å². The Morgan fingerprint density at radius 2 is 1.84 bits per heavy atom. The summed E-state index contributed by atoms with van der Waals surface area (Å²) >= 11 is 0. The van der Waals surface area contributed by atoms with Gasteiger partial charge in [0.25, 0.3) is 5.91 Å². The third kappa shape index (κ3) is 3.69. The molecule has 0 saturated heterocycles. The van der Waals surface area contributed by atoms with Crippen LogP contribution >= 0.6 is 0 Å². The molecule has 1 amide bonds. The Hall–Kier alpha value is -1.93. The van der Waals surface area contributed by atoms with Crippen molar-refractivity contribution in [3.05, 3.63) is 29.3 Å². The van der Waals surface area contributed by atoms with E-state index in [9.17, 15) is 23.1 Å². The highest BCUT2D eigenvalue weighted by Gasteiger charge is 2.43. The minimum Gasteiger partial charge on any atom is -0.480 e. The average Bonchev–Trinajstić information content (AvgIpc) is 3.21. The Balaban J connectivity index is 1.87. The maximum atomic E-state index is 12.7. The minimum atomic E-state index is -3.67. The number of hydrogen-bond acceptors (Lipinski definition) is 4. The van der Waals surface area contributed by atoms with Crippen LogP contribution in [0.2, 0.25) is 0 Å². The first kappa shape index (κ1) is 17.9. The van der Waals surface area contributed by atoms with Crippen LogP contribution in [-0.4, -0.2) is 37.0 Å². The van der Waals surface area contributed by atoms with Crippen molar-refractivity contribution in [2.45, 2.75) is 61.9 Å². The Kier molecular flexibility index (Phi) is 4.59. The molecule has 7 nitrogen and oxygen atoms in total. The third-order valence-corrected chi connectivity index (χ3v) is 6.40. The number of sulfonamides is 1. The number of aliphatic carboxylic acids is 1. The van der Waals surface area contributed by atoms with Gasteiger partial charge in [-0.15, -0.1) is 0 Å². The monoisotopic (exact) mass is 366 g/mol.